The Morgan fingerprint density at radius 3 is 2.65 bits per heavy atom. The number of nitrogens with zero attached hydrogens (tertiary/aromatic N) is 2. The number of amides is 1. The number of carbonyl (C=O) groups excluding carboxylic acids is 1. The van der Waals surface area contributed by atoms with E-state index in [-0.39, 0.29) is 5.91 Å². The van der Waals surface area contributed by atoms with Gasteiger partial charge in [-0.3, -0.25) is 9.78 Å². The van der Waals surface area contributed by atoms with Gasteiger partial charge in [-0.2, -0.15) is 0 Å². The second-order valence-electron chi connectivity index (χ2n) is 6.14. The van der Waals surface area contributed by atoms with E-state index in [4.69, 9.17) is 0 Å². The van der Waals surface area contributed by atoms with Gasteiger partial charge >= 0.3 is 0 Å². The third kappa shape index (κ3) is 4.86. The van der Waals surface area contributed by atoms with Crippen LogP contribution >= 0.6 is 11.3 Å². The molecule has 0 unspecified atom stereocenters. The quantitative estimate of drug-likeness (QED) is 0.844. The number of hydrogen-bond donors (Lipinski definition) is 1. The van der Waals surface area contributed by atoms with Gasteiger partial charge in [0, 0.05) is 35.8 Å². The third-order valence-corrected chi connectivity index (χ3v) is 5.25. The predicted molar refractivity (Wildman–Crippen MR) is 93.3 cm³/mol. The highest BCUT2D eigenvalue weighted by molar-refractivity contribution is 7.13. The summed E-state index contributed by atoms with van der Waals surface area (Å²) in [6.07, 6.45) is 12.2. The second kappa shape index (κ2) is 8.20. The van der Waals surface area contributed by atoms with Crippen LogP contribution in [0.5, 0.6) is 0 Å². The van der Waals surface area contributed by atoms with Gasteiger partial charge in [0.05, 0.1) is 5.69 Å². The van der Waals surface area contributed by atoms with Crippen molar-refractivity contribution in [2.24, 2.45) is 0 Å². The summed E-state index contributed by atoms with van der Waals surface area (Å²) in [5.41, 5.74) is 2.08. The Hall–Kier alpha value is -1.75. The first-order valence-electron chi connectivity index (χ1n) is 8.45. The van der Waals surface area contributed by atoms with Crippen molar-refractivity contribution < 1.29 is 4.79 Å². The van der Waals surface area contributed by atoms with Crippen molar-refractivity contribution in [2.75, 3.05) is 0 Å². The van der Waals surface area contributed by atoms with Crippen molar-refractivity contribution in [3.8, 4) is 10.6 Å². The van der Waals surface area contributed by atoms with Crippen LogP contribution in [0.25, 0.3) is 10.6 Å². The van der Waals surface area contributed by atoms with Crippen molar-refractivity contribution in [3.63, 3.8) is 0 Å². The molecule has 0 atom stereocenters. The summed E-state index contributed by atoms with van der Waals surface area (Å²) in [6.45, 7) is 0. The minimum atomic E-state index is 0.162. The van der Waals surface area contributed by atoms with Crippen LogP contribution in [0.15, 0.2) is 29.9 Å². The number of aryl methyl sites for hydroxylation is 1. The van der Waals surface area contributed by atoms with Crippen molar-refractivity contribution in [2.45, 2.75) is 57.4 Å². The van der Waals surface area contributed by atoms with Crippen LogP contribution in [0.2, 0.25) is 0 Å². The van der Waals surface area contributed by atoms with Crippen LogP contribution in [-0.2, 0) is 11.2 Å². The van der Waals surface area contributed by atoms with E-state index in [9.17, 15) is 4.79 Å². The summed E-state index contributed by atoms with van der Waals surface area (Å²) in [6, 6.07) is 4.30. The third-order valence-electron chi connectivity index (χ3n) is 4.31. The van der Waals surface area contributed by atoms with Crippen LogP contribution in [0.3, 0.4) is 0 Å². The van der Waals surface area contributed by atoms with Gasteiger partial charge in [-0.25, -0.2) is 4.98 Å². The second-order valence-corrected chi connectivity index (χ2v) is 6.99. The van der Waals surface area contributed by atoms with Gasteiger partial charge in [0.25, 0.3) is 0 Å². The molecule has 2 aromatic heterocycles. The van der Waals surface area contributed by atoms with E-state index in [1.165, 1.54) is 25.7 Å². The molecule has 1 fully saturated rings. The molecule has 0 aliphatic heterocycles. The maximum Gasteiger partial charge on any atom is 0.220 e. The minimum Gasteiger partial charge on any atom is -0.353 e. The molecular weight excluding hydrogens is 306 g/mol. The molecular formula is C18H23N3OS. The lowest BCUT2D eigenvalue weighted by molar-refractivity contribution is -0.121. The van der Waals surface area contributed by atoms with Gasteiger partial charge in [0.1, 0.15) is 5.01 Å². The largest absolute Gasteiger partial charge is 0.353 e. The van der Waals surface area contributed by atoms with E-state index in [2.05, 4.69) is 20.7 Å². The topological polar surface area (TPSA) is 54.9 Å². The van der Waals surface area contributed by atoms with Crippen LogP contribution in [-0.4, -0.2) is 21.9 Å². The standard InChI is InChI=1S/C18H23N3OS/c22-17(20-15-5-3-1-2-4-6-15)8-7-16-13-23-18(21-16)14-9-11-19-12-10-14/h9-13,15H,1-8H2,(H,20,22). The molecule has 5 heteroatoms. The SMILES string of the molecule is O=C(CCc1csc(-c2ccncc2)n1)NC1CCCCCC1. The molecule has 1 aliphatic carbocycles. The molecule has 0 saturated heterocycles. The van der Waals surface area contributed by atoms with Crippen LogP contribution in [0.4, 0.5) is 0 Å². The van der Waals surface area contributed by atoms with Crippen molar-refractivity contribution in [3.05, 3.63) is 35.6 Å². The molecule has 23 heavy (non-hydrogen) atoms. The zero-order valence-electron chi connectivity index (χ0n) is 13.3. The smallest absolute Gasteiger partial charge is 0.220 e. The van der Waals surface area contributed by atoms with Gasteiger partial charge in [-0.1, -0.05) is 25.7 Å². The maximum absolute atomic E-state index is 12.1. The molecule has 4 nitrogen and oxygen atoms in total. The monoisotopic (exact) mass is 329 g/mol. The molecule has 1 amide bonds. The maximum atomic E-state index is 12.1. The molecule has 2 heterocycles. The van der Waals surface area contributed by atoms with Gasteiger partial charge < -0.3 is 5.32 Å². The first-order valence-corrected chi connectivity index (χ1v) is 9.33. The normalized spacial score (nSPS) is 16.0. The Kier molecular flexibility index (Phi) is 5.75. The first kappa shape index (κ1) is 16.1. The number of aromatic nitrogens is 2. The van der Waals surface area contributed by atoms with E-state index >= 15 is 0 Å². The van der Waals surface area contributed by atoms with Crippen LogP contribution in [0, 0.1) is 0 Å². The van der Waals surface area contributed by atoms with Crippen LogP contribution < -0.4 is 5.32 Å². The molecule has 1 aliphatic rings. The highest BCUT2D eigenvalue weighted by atomic mass is 32.1. The van der Waals surface area contributed by atoms with Gasteiger partial charge in [0.15, 0.2) is 0 Å². The lowest BCUT2D eigenvalue weighted by Crippen LogP contribution is -2.34. The summed E-state index contributed by atoms with van der Waals surface area (Å²) >= 11 is 1.62. The highest BCUT2D eigenvalue weighted by Gasteiger charge is 2.15. The zero-order chi connectivity index (χ0) is 15.9. The molecule has 0 spiro atoms. The number of hydrogen-bond acceptors (Lipinski definition) is 4. The lowest BCUT2D eigenvalue weighted by Gasteiger charge is -2.15. The summed E-state index contributed by atoms with van der Waals surface area (Å²) in [5, 5.41) is 6.24. The Balaban J connectivity index is 1.48. The number of rotatable bonds is 5. The van der Waals surface area contributed by atoms with Crippen molar-refractivity contribution in [1.29, 1.82) is 0 Å². The van der Waals surface area contributed by atoms with E-state index in [1.54, 1.807) is 23.7 Å². The number of pyridine rings is 1. The Bertz CT molecular complexity index is 618. The molecule has 0 aromatic carbocycles. The summed E-state index contributed by atoms with van der Waals surface area (Å²) in [7, 11) is 0. The van der Waals surface area contributed by atoms with Gasteiger partial charge in [-0.15, -0.1) is 11.3 Å². The first-order chi connectivity index (χ1) is 11.3. The number of thiazole rings is 1. The fraction of sp³-hybridized carbons (Fsp3) is 0.500. The van der Waals surface area contributed by atoms with E-state index in [0.717, 1.165) is 29.1 Å². The highest BCUT2D eigenvalue weighted by Crippen LogP contribution is 2.23. The molecule has 2 aromatic rings. The molecule has 1 saturated carbocycles. The molecule has 1 N–H and O–H groups in total. The van der Waals surface area contributed by atoms with Gasteiger partial charge in [-0.05, 0) is 31.4 Å². The average Bonchev–Trinajstić information content (AvgIpc) is 2.91. The van der Waals surface area contributed by atoms with Gasteiger partial charge in [0.2, 0.25) is 5.91 Å². The van der Waals surface area contributed by atoms with E-state index in [1.807, 2.05) is 12.1 Å². The van der Waals surface area contributed by atoms with Crippen molar-refractivity contribution >= 4 is 17.2 Å². The Morgan fingerprint density at radius 1 is 1.17 bits per heavy atom. The lowest BCUT2D eigenvalue weighted by atomic mass is 10.1. The molecule has 0 bridgehead atoms. The summed E-state index contributed by atoms with van der Waals surface area (Å²) < 4.78 is 0. The molecule has 0 radical (unpaired) electrons. The zero-order valence-corrected chi connectivity index (χ0v) is 14.1. The fourth-order valence-electron chi connectivity index (χ4n) is 3.01. The Labute approximate surface area is 141 Å². The fourth-order valence-corrected chi connectivity index (χ4v) is 3.87. The Morgan fingerprint density at radius 2 is 1.91 bits per heavy atom. The summed E-state index contributed by atoms with van der Waals surface area (Å²) in [5.74, 6) is 0.162. The van der Waals surface area contributed by atoms with E-state index < -0.39 is 0 Å². The summed E-state index contributed by atoms with van der Waals surface area (Å²) in [4.78, 5) is 20.8. The predicted octanol–water partition coefficient (Wildman–Crippen LogP) is 3.98. The molecule has 122 valence electrons. The van der Waals surface area contributed by atoms with Crippen molar-refractivity contribution in [1.82, 2.24) is 15.3 Å². The average molecular weight is 329 g/mol. The van der Waals surface area contributed by atoms with Crippen LogP contribution in [0.1, 0.15) is 50.6 Å². The van der Waals surface area contributed by atoms with E-state index in [0.29, 0.717) is 18.9 Å². The number of carbonyl (C=O) groups is 1. The minimum absolute atomic E-state index is 0.162. The number of nitrogens with one attached hydrogen (secondary N) is 1. The molecule has 3 rings (SSSR count).